The molecule has 2 unspecified atom stereocenters. The standard InChI is InChI=1S/C8H15NO4/c1-4-13-5(2)7(8(11)12)9-6(3)10/h5,7H,4H2,1-3H3,(H,9,10)(H,11,12). The summed E-state index contributed by atoms with van der Waals surface area (Å²) in [4.78, 5) is 21.3. The minimum Gasteiger partial charge on any atom is -0.480 e. The van der Waals surface area contributed by atoms with E-state index in [0.29, 0.717) is 6.61 Å². The van der Waals surface area contributed by atoms with E-state index in [1.54, 1.807) is 13.8 Å². The third-order valence-corrected chi connectivity index (χ3v) is 1.52. The maximum Gasteiger partial charge on any atom is 0.328 e. The molecule has 1 amide bonds. The summed E-state index contributed by atoms with van der Waals surface area (Å²) in [6, 6.07) is -0.975. The zero-order chi connectivity index (χ0) is 10.4. The molecule has 0 aliphatic carbocycles. The highest BCUT2D eigenvalue weighted by molar-refractivity contribution is 5.82. The van der Waals surface area contributed by atoms with Crippen LogP contribution < -0.4 is 5.32 Å². The molecule has 13 heavy (non-hydrogen) atoms. The van der Waals surface area contributed by atoms with E-state index >= 15 is 0 Å². The number of rotatable bonds is 5. The van der Waals surface area contributed by atoms with Gasteiger partial charge in [-0.15, -0.1) is 0 Å². The van der Waals surface area contributed by atoms with Gasteiger partial charge in [-0.25, -0.2) is 4.79 Å². The summed E-state index contributed by atoms with van der Waals surface area (Å²) >= 11 is 0. The molecule has 0 radical (unpaired) electrons. The van der Waals surface area contributed by atoms with Gasteiger partial charge >= 0.3 is 5.97 Å². The molecule has 0 heterocycles. The van der Waals surface area contributed by atoms with Crippen LogP contribution in [0.2, 0.25) is 0 Å². The number of amides is 1. The van der Waals surface area contributed by atoms with Crippen LogP contribution in [0.4, 0.5) is 0 Å². The first kappa shape index (κ1) is 11.9. The number of aliphatic carboxylic acids is 1. The number of ether oxygens (including phenoxy) is 1. The molecule has 0 rings (SSSR count). The van der Waals surface area contributed by atoms with Crippen LogP contribution in [0.25, 0.3) is 0 Å². The van der Waals surface area contributed by atoms with Crippen molar-refractivity contribution in [2.24, 2.45) is 0 Å². The average molecular weight is 189 g/mol. The van der Waals surface area contributed by atoms with Crippen molar-refractivity contribution in [3.05, 3.63) is 0 Å². The lowest BCUT2D eigenvalue weighted by Crippen LogP contribution is -2.47. The molecule has 0 aromatic heterocycles. The Morgan fingerprint density at radius 3 is 2.38 bits per heavy atom. The highest BCUT2D eigenvalue weighted by Gasteiger charge is 2.25. The van der Waals surface area contributed by atoms with E-state index in [-0.39, 0.29) is 5.91 Å². The molecule has 2 atom stereocenters. The topological polar surface area (TPSA) is 75.6 Å². The Kier molecular flexibility index (Phi) is 5.06. The Hall–Kier alpha value is -1.10. The SMILES string of the molecule is CCOC(C)C(NC(C)=O)C(=O)O. The van der Waals surface area contributed by atoms with Crippen LogP contribution >= 0.6 is 0 Å². The van der Waals surface area contributed by atoms with Gasteiger partial charge in [0.05, 0.1) is 6.10 Å². The van der Waals surface area contributed by atoms with Crippen LogP contribution in [0.15, 0.2) is 0 Å². The van der Waals surface area contributed by atoms with Crippen LogP contribution in [0.3, 0.4) is 0 Å². The second kappa shape index (κ2) is 5.53. The quantitative estimate of drug-likeness (QED) is 0.638. The third-order valence-electron chi connectivity index (χ3n) is 1.52. The van der Waals surface area contributed by atoms with Crippen molar-refractivity contribution in [3.63, 3.8) is 0 Å². The second-order valence-electron chi connectivity index (χ2n) is 2.68. The molecular formula is C8H15NO4. The van der Waals surface area contributed by atoms with Gasteiger partial charge in [-0.05, 0) is 13.8 Å². The minimum absolute atomic E-state index is 0.376. The molecular weight excluding hydrogens is 174 g/mol. The fraction of sp³-hybridized carbons (Fsp3) is 0.750. The molecule has 2 N–H and O–H groups in total. The summed E-state index contributed by atoms with van der Waals surface area (Å²) < 4.78 is 5.07. The summed E-state index contributed by atoms with van der Waals surface area (Å²) in [6.45, 7) is 5.07. The van der Waals surface area contributed by atoms with Gasteiger partial charge in [0.25, 0.3) is 0 Å². The van der Waals surface area contributed by atoms with E-state index in [9.17, 15) is 9.59 Å². The monoisotopic (exact) mass is 189 g/mol. The lowest BCUT2D eigenvalue weighted by molar-refractivity contribution is -0.145. The van der Waals surface area contributed by atoms with Crippen LogP contribution in [0, 0.1) is 0 Å². The van der Waals surface area contributed by atoms with Crippen molar-refractivity contribution in [3.8, 4) is 0 Å². The van der Waals surface area contributed by atoms with E-state index in [1.807, 2.05) is 0 Å². The molecule has 76 valence electrons. The summed E-state index contributed by atoms with van der Waals surface area (Å²) in [5.74, 6) is -1.46. The predicted molar refractivity (Wildman–Crippen MR) is 46.3 cm³/mol. The maximum absolute atomic E-state index is 10.7. The van der Waals surface area contributed by atoms with E-state index in [4.69, 9.17) is 9.84 Å². The molecule has 0 saturated carbocycles. The lowest BCUT2D eigenvalue weighted by Gasteiger charge is -2.20. The molecule has 0 aliphatic rings. The Morgan fingerprint density at radius 1 is 1.54 bits per heavy atom. The van der Waals surface area contributed by atoms with Crippen molar-refractivity contribution >= 4 is 11.9 Å². The van der Waals surface area contributed by atoms with Gasteiger partial charge in [-0.3, -0.25) is 4.79 Å². The van der Waals surface area contributed by atoms with Crippen LogP contribution in [0.1, 0.15) is 20.8 Å². The normalized spacial score (nSPS) is 14.7. The van der Waals surface area contributed by atoms with Crippen molar-refractivity contribution < 1.29 is 19.4 Å². The second-order valence-corrected chi connectivity index (χ2v) is 2.68. The first-order chi connectivity index (χ1) is 5.99. The average Bonchev–Trinajstić information content (AvgIpc) is 1.99. The molecule has 0 aliphatic heterocycles. The number of carboxylic acids is 1. The summed E-state index contributed by atoms with van der Waals surface area (Å²) in [6.07, 6.45) is -0.522. The molecule has 0 saturated heterocycles. The number of carbonyl (C=O) groups excluding carboxylic acids is 1. The number of hydrogen-bond acceptors (Lipinski definition) is 3. The largest absolute Gasteiger partial charge is 0.480 e. The van der Waals surface area contributed by atoms with E-state index < -0.39 is 18.1 Å². The van der Waals surface area contributed by atoms with Gasteiger partial charge in [-0.2, -0.15) is 0 Å². The molecule has 0 bridgehead atoms. The van der Waals surface area contributed by atoms with E-state index in [1.165, 1.54) is 6.92 Å². The molecule has 0 aromatic rings. The predicted octanol–water partition coefficient (Wildman–Crippen LogP) is 0.000700. The number of carboxylic acid groups (broad SMARTS) is 1. The molecule has 0 spiro atoms. The molecule has 5 heteroatoms. The summed E-state index contributed by atoms with van der Waals surface area (Å²) in [5.41, 5.74) is 0. The lowest BCUT2D eigenvalue weighted by atomic mass is 10.2. The number of carbonyl (C=O) groups is 2. The van der Waals surface area contributed by atoms with Crippen molar-refractivity contribution in [2.45, 2.75) is 32.9 Å². The van der Waals surface area contributed by atoms with E-state index in [2.05, 4.69) is 5.32 Å². The first-order valence-corrected chi connectivity index (χ1v) is 4.10. The van der Waals surface area contributed by atoms with Crippen molar-refractivity contribution in [1.29, 1.82) is 0 Å². The smallest absolute Gasteiger partial charge is 0.328 e. The van der Waals surface area contributed by atoms with Gasteiger partial charge in [0, 0.05) is 13.5 Å². The molecule has 0 fully saturated rings. The van der Waals surface area contributed by atoms with Gasteiger partial charge < -0.3 is 15.2 Å². The number of nitrogens with one attached hydrogen (secondary N) is 1. The minimum atomic E-state index is -1.09. The maximum atomic E-state index is 10.7. The number of hydrogen-bond donors (Lipinski definition) is 2. The van der Waals surface area contributed by atoms with Gasteiger partial charge in [0.1, 0.15) is 0 Å². The molecule has 5 nitrogen and oxygen atoms in total. The van der Waals surface area contributed by atoms with Crippen LogP contribution in [0.5, 0.6) is 0 Å². The van der Waals surface area contributed by atoms with Gasteiger partial charge in [0.2, 0.25) is 5.91 Å². The van der Waals surface area contributed by atoms with Gasteiger partial charge in [0.15, 0.2) is 6.04 Å². The summed E-state index contributed by atoms with van der Waals surface area (Å²) in [5, 5.41) is 11.0. The highest BCUT2D eigenvalue weighted by atomic mass is 16.5. The van der Waals surface area contributed by atoms with Crippen LogP contribution in [-0.2, 0) is 14.3 Å². The van der Waals surface area contributed by atoms with Crippen molar-refractivity contribution in [2.75, 3.05) is 6.61 Å². The third kappa shape index (κ3) is 4.47. The van der Waals surface area contributed by atoms with Crippen LogP contribution in [-0.4, -0.2) is 35.7 Å². The van der Waals surface area contributed by atoms with Crippen molar-refractivity contribution in [1.82, 2.24) is 5.32 Å². The fourth-order valence-electron chi connectivity index (χ4n) is 0.958. The Morgan fingerprint density at radius 2 is 2.08 bits per heavy atom. The molecule has 0 aromatic carbocycles. The summed E-state index contributed by atoms with van der Waals surface area (Å²) in [7, 11) is 0. The first-order valence-electron chi connectivity index (χ1n) is 4.10. The fourth-order valence-corrected chi connectivity index (χ4v) is 0.958. The van der Waals surface area contributed by atoms with Gasteiger partial charge in [-0.1, -0.05) is 0 Å². The zero-order valence-electron chi connectivity index (χ0n) is 8.03. The highest BCUT2D eigenvalue weighted by Crippen LogP contribution is 1.99. The zero-order valence-corrected chi connectivity index (χ0v) is 8.03. The Bertz CT molecular complexity index is 193. The van der Waals surface area contributed by atoms with E-state index in [0.717, 1.165) is 0 Å². The Labute approximate surface area is 77.1 Å². The Balaban J connectivity index is 4.23.